The van der Waals surface area contributed by atoms with Crippen molar-refractivity contribution in [3.05, 3.63) is 60.8 Å². The van der Waals surface area contributed by atoms with Crippen LogP contribution in [0.5, 0.6) is 0 Å². The van der Waals surface area contributed by atoms with Gasteiger partial charge in [-0.05, 0) is 70.6 Å². The Labute approximate surface area is 441 Å². The van der Waals surface area contributed by atoms with Crippen LogP contribution in [-0.2, 0) is 18.4 Å². The number of carbonyl (C=O) groups is 1. The van der Waals surface area contributed by atoms with E-state index in [-0.39, 0.29) is 19.1 Å². The minimum Gasteiger partial charge on any atom is -0.387 e. The molecule has 8 nitrogen and oxygen atoms in total. The zero-order valence-electron chi connectivity index (χ0n) is 47.5. The Balaban J connectivity index is 4.14. The van der Waals surface area contributed by atoms with E-state index in [1.54, 1.807) is 6.08 Å². The number of phosphoric ester groups is 1. The van der Waals surface area contributed by atoms with Crippen LogP contribution in [-0.4, -0.2) is 73.4 Å². The first-order valence-electron chi connectivity index (χ1n) is 30.2. The number of quaternary nitrogens is 1. The van der Waals surface area contributed by atoms with Crippen LogP contribution in [0, 0.1) is 0 Å². The van der Waals surface area contributed by atoms with Gasteiger partial charge >= 0.3 is 7.82 Å². The van der Waals surface area contributed by atoms with E-state index in [0.29, 0.717) is 17.4 Å². The van der Waals surface area contributed by atoms with Crippen LogP contribution < -0.4 is 5.32 Å². The third kappa shape index (κ3) is 55.8. The summed E-state index contributed by atoms with van der Waals surface area (Å²) in [7, 11) is 1.56. The van der Waals surface area contributed by atoms with Crippen molar-refractivity contribution in [1.29, 1.82) is 0 Å². The molecular formula is C62H118N2O6P+. The molecule has 0 radical (unpaired) electrons. The second kappa shape index (κ2) is 53.0. The first-order valence-corrected chi connectivity index (χ1v) is 31.7. The maximum atomic E-state index is 13.0. The lowest BCUT2D eigenvalue weighted by Gasteiger charge is -2.25. The van der Waals surface area contributed by atoms with Gasteiger partial charge in [-0.1, -0.05) is 261 Å². The summed E-state index contributed by atoms with van der Waals surface area (Å²) in [4.78, 5) is 23.3. The lowest BCUT2D eigenvalue weighted by Crippen LogP contribution is -2.45. The van der Waals surface area contributed by atoms with E-state index >= 15 is 0 Å². The monoisotopic (exact) mass is 1020 g/mol. The number of aliphatic hydroxyl groups is 1. The molecule has 0 saturated heterocycles. The maximum Gasteiger partial charge on any atom is 0.472 e. The number of carbonyl (C=O) groups excluding carboxylic acids is 1. The topological polar surface area (TPSA) is 105 Å². The van der Waals surface area contributed by atoms with E-state index in [1.165, 1.54) is 205 Å². The molecule has 416 valence electrons. The van der Waals surface area contributed by atoms with Crippen LogP contribution in [0.2, 0.25) is 0 Å². The molecule has 0 aromatic heterocycles. The Bertz CT molecular complexity index is 1340. The summed E-state index contributed by atoms with van der Waals surface area (Å²) in [5.74, 6) is -0.185. The number of aliphatic hydroxyl groups excluding tert-OH is 1. The number of allylic oxidation sites excluding steroid dienone is 9. The van der Waals surface area contributed by atoms with Crippen molar-refractivity contribution in [2.75, 3.05) is 40.9 Å². The van der Waals surface area contributed by atoms with Gasteiger partial charge in [-0.3, -0.25) is 13.8 Å². The Hall–Kier alpha value is -1.80. The Morgan fingerprint density at radius 1 is 0.479 bits per heavy atom. The summed E-state index contributed by atoms with van der Waals surface area (Å²) in [5.41, 5.74) is 0. The molecule has 0 bridgehead atoms. The fourth-order valence-corrected chi connectivity index (χ4v) is 9.45. The quantitative estimate of drug-likeness (QED) is 0.0243. The fourth-order valence-electron chi connectivity index (χ4n) is 8.71. The molecule has 0 aromatic carbocycles. The van der Waals surface area contributed by atoms with Gasteiger partial charge in [-0.25, -0.2) is 4.57 Å². The highest BCUT2D eigenvalue weighted by Gasteiger charge is 2.27. The average molecular weight is 1020 g/mol. The molecule has 0 aliphatic heterocycles. The molecule has 0 heterocycles. The Morgan fingerprint density at radius 3 is 1.23 bits per heavy atom. The zero-order chi connectivity index (χ0) is 52.0. The maximum absolute atomic E-state index is 13.0. The average Bonchev–Trinajstić information content (AvgIpc) is 3.33. The molecule has 1 amide bonds. The highest BCUT2D eigenvalue weighted by Crippen LogP contribution is 2.43. The predicted molar refractivity (Wildman–Crippen MR) is 309 cm³/mol. The van der Waals surface area contributed by atoms with Crippen LogP contribution in [0.15, 0.2) is 60.8 Å². The number of phosphoric acid groups is 1. The minimum atomic E-state index is -4.36. The second-order valence-corrected chi connectivity index (χ2v) is 23.2. The van der Waals surface area contributed by atoms with Crippen molar-refractivity contribution in [3.63, 3.8) is 0 Å². The Morgan fingerprint density at radius 2 is 0.817 bits per heavy atom. The number of nitrogens with one attached hydrogen (secondary N) is 1. The molecule has 3 unspecified atom stereocenters. The summed E-state index contributed by atoms with van der Waals surface area (Å²) in [6, 6.07) is -0.865. The molecule has 0 aliphatic rings. The normalized spacial score (nSPS) is 14.3. The van der Waals surface area contributed by atoms with Gasteiger partial charge in [-0.2, -0.15) is 0 Å². The summed E-state index contributed by atoms with van der Waals surface area (Å²) in [5, 5.41) is 13.9. The molecule has 0 spiro atoms. The van der Waals surface area contributed by atoms with E-state index in [4.69, 9.17) is 9.05 Å². The van der Waals surface area contributed by atoms with Crippen molar-refractivity contribution < 1.29 is 32.9 Å². The molecule has 9 heteroatoms. The van der Waals surface area contributed by atoms with Gasteiger partial charge in [0.2, 0.25) is 5.91 Å². The van der Waals surface area contributed by atoms with Crippen molar-refractivity contribution in [2.24, 2.45) is 0 Å². The SMILES string of the molecule is CCCCCCC/C=C\C/C=C\C/C=C\CCCCCCCCCCCCCCCCCCC(=O)NC(COP(=O)(O)OCC[N+](C)(C)C)C(O)/C=C/CC/C=C/CCCCCCCCCCCCCC. The van der Waals surface area contributed by atoms with Crippen molar-refractivity contribution in [2.45, 2.75) is 289 Å². The summed E-state index contributed by atoms with van der Waals surface area (Å²) < 4.78 is 23.7. The molecule has 0 rings (SSSR count). The number of hydrogen-bond acceptors (Lipinski definition) is 5. The first-order chi connectivity index (χ1) is 34.5. The fraction of sp³-hybridized carbons (Fsp3) is 0.823. The van der Waals surface area contributed by atoms with Gasteiger partial charge in [0.05, 0.1) is 39.9 Å². The lowest BCUT2D eigenvalue weighted by molar-refractivity contribution is -0.870. The third-order valence-corrected chi connectivity index (χ3v) is 14.4. The molecule has 0 saturated carbocycles. The van der Waals surface area contributed by atoms with E-state index in [2.05, 4.69) is 67.8 Å². The van der Waals surface area contributed by atoms with Gasteiger partial charge in [-0.15, -0.1) is 0 Å². The zero-order valence-corrected chi connectivity index (χ0v) is 48.4. The van der Waals surface area contributed by atoms with Gasteiger partial charge < -0.3 is 19.8 Å². The van der Waals surface area contributed by atoms with E-state index in [9.17, 15) is 19.4 Å². The van der Waals surface area contributed by atoms with E-state index < -0.39 is 20.0 Å². The number of nitrogens with zero attached hydrogens (tertiary/aromatic N) is 1. The minimum absolute atomic E-state index is 0.0555. The van der Waals surface area contributed by atoms with Crippen molar-refractivity contribution >= 4 is 13.7 Å². The Kier molecular flexibility index (Phi) is 51.7. The largest absolute Gasteiger partial charge is 0.472 e. The van der Waals surface area contributed by atoms with Gasteiger partial charge in [0, 0.05) is 6.42 Å². The number of rotatable bonds is 55. The molecule has 3 atom stereocenters. The van der Waals surface area contributed by atoms with Crippen LogP contribution in [0.4, 0.5) is 0 Å². The highest BCUT2D eigenvalue weighted by molar-refractivity contribution is 7.47. The molecule has 0 aliphatic carbocycles. The number of unbranched alkanes of at least 4 members (excludes halogenated alkanes) is 34. The first kappa shape index (κ1) is 69.2. The van der Waals surface area contributed by atoms with Crippen LogP contribution in [0.25, 0.3) is 0 Å². The number of amides is 1. The summed E-state index contributed by atoms with van der Waals surface area (Å²) in [6.07, 6.45) is 71.9. The van der Waals surface area contributed by atoms with Gasteiger partial charge in [0.1, 0.15) is 13.2 Å². The van der Waals surface area contributed by atoms with Crippen molar-refractivity contribution in [3.8, 4) is 0 Å². The molecular weight excluding hydrogens is 900 g/mol. The van der Waals surface area contributed by atoms with E-state index in [1.807, 2.05) is 27.2 Å². The van der Waals surface area contributed by atoms with Gasteiger partial charge in [0.15, 0.2) is 0 Å². The summed E-state index contributed by atoms with van der Waals surface area (Å²) >= 11 is 0. The smallest absolute Gasteiger partial charge is 0.387 e. The van der Waals surface area contributed by atoms with Crippen LogP contribution in [0.3, 0.4) is 0 Å². The number of hydrogen-bond donors (Lipinski definition) is 3. The molecule has 0 aromatic rings. The molecule has 71 heavy (non-hydrogen) atoms. The molecule has 3 N–H and O–H groups in total. The van der Waals surface area contributed by atoms with E-state index in [0.717, 1.165) is 51.4 Å². The predicted octanol–water partition coefficient (Wildman–Crippen LogP) is 18.5. The standard InChI is InChI=1S/C62H117N2O6P/c1-6-8-10-12-14-16-18-20-22-24-26-27-28-29-30-31-32-33-34-35-36-37-38-40-42-44-46-48-50-52-54-56-62(66)63-60(59-70-71(67,68)69-58-57-64(3,4)5)61(65)55-53-51-49-47-45-43-41-39-25-23-21-19-17-15-13-11-9-7-2/h18,20,24,26,28-29,45,47,53,55,60-61,65H,6-17,19,21-23,25,27,30-44,46,48-52,54,56-59H2,1-5H3,(H-,63,66,67,68)/p+1/b20-18-,26-24-,29-28-,47-45+,55-53+. The molecule has 0 fully saturated rings. The lowest BCUT2D eigenvalue weighted by atomic mass is 10.0. The van der Waals surface area contributed by atoms with Gasteiger partial charge in [0.25, 0.3) is 0 Å². The van der Waals surface area contributed by atoms with Crippen LogP contribution in [0.1, 0.15) is 277 Å². The second-order valence-electron chi connectivity index (χ2n) is 21.7. The summed E-state index contributed by atoms with van der Waals surface area (Å²) in [6.45, 7) is 4.80. The van der Waals surface area contributed by atoms with Crippen LogP contribution >= 0.6 is 7.82 Å². The third-order valence-electron chi connectivity index (χ3n) is 13.5. The van der Waals surface area contributed by atoms with Crippen molar-refractivity contribution in [1.82, 2.24) is 5.32 Å². The highest BCUT2D eigenvalue weighted by atomic mass is 31.2. The number of likely N-dealkylation sites (N-methyl/N-ethyl adjacent to an activating group) is 1.